The van der Waals surface area contributed by atoms with Gasteiger partial charge in [-0.25, -0.2) is 0 Å². The summed E-state index contributed by atoms with van der Waals surface area (Å²) >= 11 is 0. The number of hydrogen-bond acceptors (Lipinski definition) is 3. The van der Waals surface area contributed by atoms with E-state index in [1.54, 1.807) is 7.11 Å². The average Bonchev–Trinajstić information content (AvgIpc) is 2.41. The molecule has 4 heteroatoms. The lowest BCUT2D eigenvalue weighted by Gasteiger charge is -2.41. The highest BCUT2D eigenvalue weighted by atomic mass is 16.5. The van der Waals surface area contributed by atoms with Crippen LogP contribution in [0.15, 0.2) is 24.3 Å². The molecule has 1 saturated carbocycles. The van der Waals surface area contributed by atoms with Gasteiger partial charge in [0.05, 0.1) is 12.7 Å². The summed E-state index contributed by atoms with van der Waals surface area (Å²) in [5.74, 6) is 1.11. The monoisotopic (exact) mass is 281 g/mol. The molecule has 4 nitrogen and oxygen atoms in total. The SMILES string of the molecule is COc1cccc([C@@]2(O)CCCC[C@@H]2CN(C)C)c1.O. The average molecular weight is 281 g/mol. The van der Waals surface area contributed by atoms with E-state index < -0.39 is 5.60 Å². The van der Waals surface area contributed by atoms with Gasteiger partial charge in [0.1, 0.15) is 5.75 Å². The highest BCUT2D eigenvalue weighted by molar-refractivity contribution is 5.33. The van der Waals surface area contributed by atoms with Crippen LogP contribution in [0.4, 0.5) is 0 Å². The molecule has 20 heavy (non-hydrogen) atoms. The Labute approximate surface area is 121 Å². The van der Waals surface area contributed by atoms with E-state index in [4.69, 9.17) is 4.74 Å². The summed E-state index contributed by atoms with van der Waals surface area (Å²) in [6.45, 7) is 0.924. The van der Waals surface area contributed by atoms with Crippen molar-refractivity contribution in [3.63, 3.8) is 0 Å². The van der Waals surface area contributed by atoms with Gasteiger partial charge < -0.3 is 20.2 Å². The van der Waals surface area contributed by atoms with Gasteiger partial charge in [-0.15, -0.1) is 0 Å². The Morgan fingerprint density at radius 1 is 1.35 bits per heavy atom. The molecule has 0 heterocycles. The Morgan fingerprint density at radius 2 is 2.10 bits per heavy atom. The molecule has 0 amide bonds. The Kier molecular flexibility index (Phi) is 5.99. The summed E-state index contributed by atoms with van der Waals surface area (Å²) in [5, 5.41) is 11.2. The molecule has 1 fully saturated rings. The van der Waals surface area contributed by atoms with Gasteiger partial charge in [0.25, 0.3) is 0 Å². The van der Waals surface area contributed by atoms with E-state index in [1.165, 1.54) is 6.42 Å². The van der Waals surface area contributed by atoms with Crippen LogP contribution in [0.25, 0.3) is 0 Å². The van der Waals surface area contributed by atoms with Crippen molar-refractivity contribution in [1.29, 1.82) is 0 Å². The van der Waals surface area contributed by atoms with Gasteiger partial charge in [-0.05, 0) is 44.6 Å². The molecule has 1 aliphatic rings. The second-order valence-electron chi connectivity index (χ2n) is 5.86. The fourth-order valence-corrected chi connectivity index (χ4v) is 3.18. The highest BCUT2D eigenvalue weighted by Gasteiger charge is 2.40. The van der Waals surface area contributed by atoms with E-state index in [9.17, 15) is 5.11 Å². The van der Waals surface area contributed by atoms with Gasteiger partial charge >= 0.3 is 0 Å². The highest BCUT2D eigenvalue weighted by Crippen LogP contribution is 2.42. The van der Waals surface area contributed by atoms with E-state index in [0.29, 0.717) is 5.92 Å². The smallest absolute Gasteiger partial charge is 0.119 e. The Morgan fingerprint density at radius 3 is 2.75 bits per heavy atom. The third-order valence-corrected chi connectivity index (χ3v) is 4.19. The van der Waals surface area contributed by atoms with Crippen LogP contribution in [-0.2, 0) is 5.60 Å². The van der Waals surface area contributed by atoms with E-state index in [2.05, 4.69) is 19.0 Å². The standard InChI is InChI=1S/C16H25NO2.H2O/c1-17(2)12-14-7-4-5-10-16(14,18)13-8-6-9-15(11-13)19-3;/h6,8-9,11,14,18H,4-5,7,10,12H2,1-3H3;1H2/t14-,16+;/m1./s1. The van der Waals surface area contributed by atoms with Crippen LogP contribution in [0.2, 0.25) is 0 Å². The van der Waals surface area contributed by atoms with Crippen LogP contribution in [0, 0.1) is 5.92 Å². The molecule has 0 saturated heterocycles. The van der Waals surface area contributed by atoms with Gasteiger partial charge in [0.15, 0.2) is 0 Å². The zero-order chi connectivity index (χ0) is 13.9. The second kappa shape index (κ2) is 7.07. The maximum Gasteiger partial charge on any atom is 0.119 e. The number of rotatable bonds is 4. The quantitative estimate of drug-likeness (QED) is 0.915. The predicted molar refractivity (Wildman–Crippen MR) is 81.0 cm³/mol. The summed E-state index contributed by atoms with van der Waals surface area (Å²) < 4.78 is 5.29. The number of hydrogen-bond donors (Lipinski definition) is 1. The first kappa shape index (κ1) is 17.0. The minimum Gasteiger partial charge on any atom is -0.497 e. The fourth-order valence-electron chi connectivity index (χ4n) is 3.18. The van der Waals surface area contributed by atoms with Gasteiger partial charge in [-0.2, -0.15) is 0 Å². The summed E-state index contributed by atoms with van der Waals surface area (Å²) in [5.41, 5.74) is 0.287. The molecule has 1 aromatic rings. The third kappa shape index (κ3) is 3.51. The van der Waals surface area contributed by atoms with Crippen molar-refractivity contribution < 1.29 is 15.3 Å². The Bertz CT molecular complexity index is 422. The lowest BCUT2D eigenvalue weighted by atomic mass is 9.71. The molecule has 0 spiro atoms. The minimum absolute atomic E-state index is 0. The zero-order valence-corrected chi connectivity index (χ0v) is 12.7. The summed E-state index contributed by atoms with van der Waals surface area (Å²) in [4.78, 5) is 2.17. The molecule has 2 atom stereocenters. The first-order valence-corrected chi connectivity index (χ1v) is 7.08. The second-order valence-corrected chi connectivity index (χ2v) is 5.86. The number of benzene rings is 1. The molecular weight excluding hydrogens is 254 g/mol. The number of ether oxygens (including phenoxy) is 1. The van der Waals surface area contributed by atoms with Gasteiger partial charge in [-0.3, -0.25) is 0 Å². The summed E-state index contributed by atoms with van der Waals surface area (Å²) in [6.07, 6.45) is 4.24. The largest absolute Gasteiger partial charge is 0.497 e. The van der Waals surface area contributed by atoms with Gasteiger partial charge in [-0.1, -0.05) is 25.0 Å². The van der Waals surface area contributed by atoms with E-state index in [0.717, 1.165) is 37.1 Å². The predicted octanol–water partition coefficient (Wildman–Crippen LogP) is 1.81. The molecule has 0 unspecified atom stereocenters. The number of methoxy groups -OCH3 is 1. The molecule has 114 valence electrons. The van der Waals surface area contributed by atoms with Crippen LogP contribution in [0.1, 0.15) is 31.2 Å². The van der Waals surface area contributed by atoms with Crippen molar-refractivity contribution in [3.05, 3.63) is 29.8 Å². The molecular formula is C16H27NO3. The molecule has 1 aromatic carbocycles. The minimum atomic E-state index is -0.711. The Balaban J connectivity index is 0.00000200. The van der Waals surface area contributed by atoms with Gasteiger partial charge in [0, 0.05) is 12.5 Å². The summed E-state index contributed by atoms with van der Waals surface area (Å²) in [7, 11) is 5.81. The van der Waals surface area contributed by atoms with Crippen molar-refractivity contribution in [3.8, 4) is 5.75 Å². The van der Waals surface area contributed by atoms with Crippen LogP contribution in [0.5, 0.6) is 5.75 Å². The first-order chi connectivity index (χ1) is 9.06. The maximum absolute atomic E-state index is 11.2. The van der Waals surface area contributed by atoms with E-state index in [-0.39, 0.29) is 5.48 Å². The van der Waals surface area contributed by atoms with Crippen molar-refractivity contribution in [2.45, 2.75) is 31.3 Å². The van der Waals surface area contributed by atoms with Crippen molar-refractivity contribution in [1.82, 2.24) is 4.90 Å². The van der Waals surface area contributed by atoms with Crippen molar-refractivity contribution in [2.24, 2.45) is 5.92 Å². The zero-order valence-electron chi connectivity index (χ0n) is 12.7. The molecule has 2 rings (SSSR count). The lowest BCUT2D eigenvalue weighted by Crippen LogP contribution is -2.43. The van der Waals surface area contributed by atoms with Crippen LogP contribution in [0.3, 0.4) is 0 Å². The molecule has 0 radical (unpaired) electrons. The van der Waals surface area contributed by atoms with Crippen LogP contribution < -0.4 is 4.74 Å². The fraction of sp³-hybridized carbons (Fsp3) is 0.625. The third-order valence-electron chi connectivity index (χ3n) is 4.19. The molecule has 1 aliphatic carbocycles. The van der Waals surface area contributed by atoms with E-state index in [1.807, 2.05) is 24.3 Å². The molecule has 0 bridgehead atoms. The van der Waals surface area contributed by atoms with Crippen molar-refractivity contribution >= 4 is 0 Å². The molecule has 0 aromatic heterocycles. The first-order valence-electron chi connectivity index (χ1n) is 7.08. The van der Waals surface area contributed by atoms with Gasteiger partial charge in [0.2, 0.25) is 0 Å². The van der Waals surface area contributed by atoms with Crippen molar-refractivity contribution in [2.75, 3.05) is 27.7 Å². The lowest BCUT2D eigenvalue weighted by molar-refractivity contribution is -0.0619. The summed E-state index contributed by atoms with van der Waals surface area (Å²) in [6, 6.07) is 7.90. The number of aliphatic hydroxyl groups is 1. The van der Waals surface area contributed by atoms with Crippen LogP contribution in [-0.4, -0.2) is 43.2 Å². The maximum atomic E-state index is 11.2. The normalized spacial score (nSPS) is 26.1. The molecule has 0 aliphatic heterocycles. The van der Waals surface area contributed by atoms with E-state index >= 15 is 0 Å². The van der Waals surface area contributed by atoms with Crippen LogP contribution >= 0.6 is 0 Å². The number of nitrogens with zero attached hydrogens (tertiary/aromatic N) is 1. The topological polar surface area (TPSA) is 64.2 Å². The Hall–Kier alpha value is -1.10. The molecule has 3 N–H and O–H groups in total.